The van der Waals surface area contributed by atoms with Crippen LogP contribution in [0.15, 0.2) is 57.9 Å². The molecule has 5 rings (SSSR count). The van der Waals surface area contributed by atoms with Crippen LogP contribution >= 0.6 is 11.3 Å². The number of hydrogen-bond donors (Lipinski definition) is 1. The van der Waals surface area contributed by atoms with E-state index in [4.69, 9.17) is 9.40 Å². The number of H-pyrrole nitrogens is 1. The third-order valence-electron chi connectivity index (χ3n) is 5.45. The zero-order chi connectivity index (χ0) is 20.5. The number of nitrogens with one attached hydrogen (secondary N) is 1. The molecule has 0 bridgehead atoms. The van der Waals surface area contributed by atoms with E-state index in [9.17, 15) is 9.59 Å². The number of thiophene rings is 1. The maximum absolute atomic E-state index is 13.0. The Balaban J connectivity index is 1.50. The molecule has 30 heavy (non-hydrogen) atoms. The van der Waals surface area contributed by atoms with E-state index in [1.54, 1.807) is 28.4 Å². The van der Waals surface area contributed by atoms with Gasteiger partial charge in [0.2, 0.25) is 0 Å². The van der Waals surface area contributed by atoms with Crippen LogP contribution in [0.3, 0.4) is 0 Å². The van der Waals surface area contributed by atoms with Gasteiger partial charge in [0.1, 0.15) is 10.7 Å². The number of benzene rings is 1. The molecule has 1 aromatic carbocycles. The first-order valence-corrected chi connectivity index (χ1v) is 10.9. The summed E-state index contributed by atoms with van der Waals surface area (Å²) in [6.45, 7) is 0.589. The first-order chi connectivity index (χ1) is 14.7. The van der Waals surface area contributed by atoms with Crippen molar-refractivity contribution >= 4 is 27.5 Å². The minimum atomic E-state index is -0.239. The fourth-order valence-corrected chi connectivity index (χ4v) is 5.30. The molecule has 6 nitrogen and oxygen atoms in total. The number of carbonyl (C=O) groups is 1. The Bertz CT molecular complexity index is 1240. The Morgan fingerprint density at radius 3 is 2.73 bits per heavy atom. The second-order valence-corrected chi connectivity index (χ2v) is 8.61. The largest absolute Gasteiger partial charge is 0.459 e. The normalized spacial score (nSPS) is 13.3. The van der Waals surface area contributed by atoms with E-state index in [1.165, 1.54) is 11.1 Å². The van der Waals surface area contributed by atoms with Gasteiger partial charge in [-0.1, -0.05) is 30.3 Å². The number of aryl methyl sites for hydroxylation is 2. The van der Waals surface area contributed by atoms with Gasteiger partial charge < -0.3 is 14.3 Å². The molecule has 152 valence electrons. The highest BCUT2D eigenvalue weighted by atomic mass is 32.1. The molecule has 1 aliphatic carbocycles. The predicted molar refractivity (Wildman–Crippen MR) is 116 cm³/mol. The van der Waals surface area contributed by atoms with E-state index in [2.05, 4.69) is 4.98 Å². The van der Waals surface area contributed by atoms with Gasteiger partial charge >= 0.3 is 0 Å². The van der Waals surface area contributed by atoms with Crippen LogP contribution in [-0.2, 0) is 25.9 Å². The molecule has 1 amide bonds. The molecule has 0 fully saturated rings. The number of rotatable bonds is 5. The molecule has 1 aliphatic rings. The van der Waals surface area contributed by atoms with Crippen molar-refractivity contribution in [3.63, 3.8) is 0 Å². The minimum Gasteiger partial charge on any atom is -0.459 e. The number of aromatic nitrogens is 2. The van der Waals surface area contributed by atoms with Gasteiger partial charge in [0.25, 0.3) is 11.5 Å². The third kappa shape index (κ3) is 3.57. The first-order valence-electron chi connectivity index (χ1n) is 10.1. The summed E-state index contributed by atoms with van der Waals surface area (Å²) in [5, 5.41) is 0.727. The number of nitrogens with zero attached hydrogens (tertiary/aromatic N) is 2. The van der Waals surface area contributed by atoms with Crippen LogP contribution in [0.2, 0.25) is 0 Å². The number of carbonyl (C=O) groups excluding carboxylic acids is 1. The van der Waals surface area contributed by atoms with Gasteiger partial charge in [-0.2, -0.15) is 0 Å². The van der Waals surface area contributed by atoms with Gasteiger partial charge in [-0.15, -0.1) is 11.3 Å². The molecule has 3 aromatic heterocycles. The SMILES string of the molecule is O=C(c1ccco1)N(Cc1ccccc1)Cc1nc2sc3c(c2c(=O)[nH]1)CCCC3. The van der Waals surface area contributed by atoms with Crippen LogP contribution < -0.4 is 5.56 Å². The average Bonchev–Trinajstić information content (AvgIpc) is 3.41. The van der Waals surface area contributed by atoms with Gasteiger partial charge in [-0.3, -0.25) is 9.59 Å². The van der Waals surface area contributed by atoms with Crippen LogP contribution in [-0.4, -0.2) is 20.8 Å². The minimum absolute atomic E-state index is 0.112. The molecular formula is C23H21N3O3S. The lowest BCUT2D eigenvalue weighted by atomic mass is 9.97. The summed E-state index contributed by atoms with van der Waals surface area (Å²) in [4.78, 5) is 37.2. The molecule has 0 aliphatic heterocycles. The van der Waals surface area contributed by atoms with Gasteiger partial charge in [0.05, 0.1) is 18.2 Å². The Morgan fingerprint density at radius 1 is 1.10 bits per heavy atom. The fourth-order valence-electron chi connectivity index (χ4n) is 4.02. The quantitative estimate of drug-likeness (QED) is 0.523. The van der Waals surface area contributed by atoms with Crippen LogP contribution in [0.5, 0.6) is 0 Å². The predicted octanol–water partition coefficient (Wildman–Crippen LogP) is 4.30. The van der Waals surface area contributed by atoms with Crippen LogP contribution in [0.4, 0.5) is 0 Å². The highest BCUT2D eigenvalue weighted by Crippen LogP contribution is 2.33. The molecule has 0 spiro atoms. The molecule has 0 saturated heterocycles. The van der Waals surface area contributed by atoms with Crippen LogP contribution in [0.1, 0.15) is 45.2 Å². The number of amides is 1. The van der Waals surface area contributed by atoms with E-state index in [1.807, 2.05) is 30.3 Å². The standard InChI is InChI=1S/C23H21N3O3S/c27-21-20-16-9-4-5-11-18(16)30-22(20)25-19(24-21)14-26(13-15-7-2-1-3-8-15)23(28)17-10-6-12-29-17/h1-3,6-8,10,12H,4-5,9,11,13-14H2,(H,24,25,27). The summed E-state index contributed by atoms with van der Waals surface area (Å²) >= 11 is 1.61. The van der Waals surface area contributed by atoms with E-state index in [-0.39, 0.29) is 23.8 Å². The maximum atomic E-state index is 13.0. The fraction of sp³-hybridized carbons (Fsp3) is 0.261. The molecule has 3 heterocycles. The highest BCUT2D eigenvalue weighted by Gasteiger charge is 2.23. The van der Waals surface area contributed by atoms with Gasteiger partial charge in [0.15, 0.2) is 5.76 Å². The summed E-state index contributed by atoms with van der Waals surface area (Å²) < 4.78 is 5.32. The van der Waals surface area contributed by atoms with Crippen molar-refractivity contribution in [1.82, 2.24) is 14.9 Å². The summed E-state index contributed by atoms with van der Waals surface area (Å²) in [7, 11) is 0. The van der Waals surface area contributed by atoms with Crippen molar-refractivity contribution in [2.24, 2.45) is 0 Å². The van der Waals surface area contributed by atoms with E-state index in [0.717, 1.165) is 47.0 Å². The zero-order valence-electron chi connectivity index (χ0n) is 16.4. The molecule has 0 saturated carbocycles. The number of furan rings is 1. The van der Waals surface area contributed by atoms with Crippen LogP contribution in [0.25, 0.3) is 10.2 Å². The van der Waals surface area contributed by atoms with Crippen molar-refractivity contribution in [2.75, 3.05) is 0 Å². The van der Waals surface area contributed by atoms with E-state index >= 15 is 0 Å². The van der Waals surface area contributed by atoms with Gasteiger partial charge in [-0.05, 0) is 48.9 Å². The average molecular weight is 420 g/mol. The summed E-state index contributed by atoms with van der Waals surface area (Å²) in [6, 6.07) is 13.1. The summed E-state index contributed by atoms with van der Waals surface area (Å²) in [6.07, 6.45) is 5.71. The Morgan fingerprint density at radius 2 is 1.93 bits per heavy atom. The second kappa shape index (κ2) is 7.91. The topological polar surface area (TPSA) is 79.2 Å². The summed E-state index contributed by atoms with van der Waals surface area (Å²) in [5.74, 6) is 0.514. The van der Waals surface area contributed by atoms with Gasteiger partial charge in [-0.25, -0.2) is 4.98 Å². The van der Waals surface area contributed by atoms with Gasteiger partial charge in [0, 0.05) is 11.4 Å². The molecule has 0 unspecified atom stereocenters. The zero-order valence-corrected chi connectivity index (χ0v) is 17.2. The van der Waals surface area contributed by atoms with Crippen LogP contribution in [0, 0.1) is 0 Å². The van der Waals surface area contributed by atoms with Crippen molar-refractivity contribution in [2.45, 2.75) is 38.8 Å². The van der Waals surface area contributed by atoms with Crippen molar-refractivity contribution in [1.29, 1.82) is 0 Å². The maximum Gasteiger partial charge on any atom is 0.290 e. The Labute approximate surface area is 177 Å². The molecule has 1 N–H and O–H groups in total. The molecule has 7 heteroatoms. The third-order valence-corrected chi connectivity index (χ3v) is 6.64. The molecule has 0 atom stereocenters. The lowest BCUT2D eigenvalue weighted by Gasteiger charge is -2.21. The first kappa shape index (κ1) is 18.8. The van der Waals surface area contributed by atoms with E-state index < -0.39 is 0 Å². The molecule has 0 radical (unpaired) electrons. The highest BCUT2D eigenvalue weighted by molar-refractivity contribution is 7.18. The van der Waals surface area contributed by atoms with E-state index in [0.29, 0.717) is 12.4 Å². The lowest BCUT2D eigenvalue weighted by molar-refractivity contribution is 0.0693. The Hall–Kier alpha value is -3.19. The second-order valence-electron chi connectivity index (χ2n) is 7.53. The molecular weight excluding hydrogens is 398 g/mol. The molecule has 4 aromatic rings. The lowest BCUT2D eigenvalue weighted by Crippen LogP contribution is -2.31. The number of hydrogen-bond acceptors (Lipinski definition) is 5. The van der Waals surface area contributed by atoms with Crippen molar-refractivity contribution in [3.8, 4) is 0 Å². The monoisotopic (exact) mass is 419 g/mol. The summed E-state index contributed by atoms with van der Waals surface area (Å²) in [5.41, 5.74) is 2.04. The smallest absolute Gasteiger partial charge is 0.290 e. The number of fused-ring (bicyclic) bond motifs is 3. The number of aromatic amines is 1. The van der Waals surface area contributed by atoms with Crippen molar-refractivity contribution < 1.29 is 9.21 Å². The Kier molecular flexibility index (Phi) is 4.96. The van der Waals surface area contributed by atoms with Crippen molar-refractivity contribution in [3.05, 3.63) is 86.7 Å².